The van der Waals surface area contributed by atoms with Crippen molar-refractivity contribution in [2.75, 3.05) is 30.9 Å². The fourth-order valence-corrected chi connectivity index (χ4v) is 5.88. The van der Waals surface area contributed by atoms with Gasteiger partial charge in [0.1, 0.15) is 5.37 Å². The fourth-order valence-electron chi connectivity index (χ4n) is 2.25. The van der Waals surface area contributed by atoms with Crippen LogP contribution in [-0.2, 0) is 9.84 Å². The molecule has 1 aliphatic heterocycles. The third kappa shape index (κ3) is 3.08. The SMILES string of the molecule is CS(=O)(=O)C1CSCCN1C(CN)c1ccsc1. The highest BCUT2D eigenvalue weighted by molar-refractivity contribution is 8.00. The fraction of sp³-hybridized carbons (Fsp3) is 0.636. The van der Waals surface area contributed by atoms with Crippen LogP contribution in [0, 0.1) is 0 Å². The third-order valence-corrected chi connectivity index (χ3v) is 6.53. The van der Waals surface area contributed by atoms with Crippen LogP contribution < -0.4 is 5.73 Å². The van der Waals surface area contributed by atoms with Crippen molar-refractivity contribution in [2.24, 2.45) is 5.73 Å². The molecule has 1 saturated heterocycles. The molecule has 1 fully saturated rings. The second-order valence-electron chi connectivity index (χ2n) is 4.41. The first-order valence-corrected chi connectivity index (χ1v) is 9.83. The van der Waals surface area contributed by atoms with E-state index in [2.05, 4.69) is 5.38 Å². The van der Waals surface area contributed by atoms with Crippen molar-refractivity contribution in [3.05, 3.63) is 22.4 Å². The molecule has 2 atom stereocenters. The molecule has 2 N–H and O–H groups in total. The highest BCUT2D eigenvalue weighted by atomic mass is 32.2. The molecule has 2 rings (SSSR count). The van der Waals surface area contributed by atoms with Crippen LogP contribution in [0.25, 0.3) is 0 Å². The van der Waals surface area contributed by atoms with Crippen molar-refractivity contribution in [3.63, 3.8) is 0 Å². The molecule has 0 saturated carbocycles. The van der Waals surface area contributed by atoms with Crippen LogP contribution in [0.1, 0.15) is 11.6 Å². The summed E-state index contributed by atoms with van der Waals surface area (Å²) in [6, 6.07) is 2.04. The molecule has 4 nitrogen and oxygen atoms in total. The van der Waals surface area contributed by atoms with Crippen LogP contribution >= 0.6 is 23.1 Å². The molecule has 0 amide bonds. The molecule has 0 spiro atoms. The van der Waals surface area contributed by atoms with Gasteiger partial charge in [-0.1, -0.05) is 0 Å². The monoisotopic (exact) mass is 306 g/mol. The standard InChI is InChI=1S/C11H18N2O2S3/c1-18(14,15)11-8-17-5-3-13(11)10(6-12)9-2-4-16-7-9/h2,4,7,10-11H,3,5-6,8,12H2,1H3. The van der Waals surface area contributed by atoms with Crippen LogP contribution in [-0.4, -0.2) is 49.5 Å². The maximum Gasteiger partial charge on any atom is 0.164 e. The summed E-state index contributed by atoms with van der Waals surface area (Å²) in [5.41, 5.74) is 6.99. The van der Waals surface area contributed by atoms with E-state index in [1.54, 1.807) is 23.1 Å². The first-order valence-electron chi connectivity index (χ1n) is 5.78. The van der Waals surface area contributed by atoms with Crippen molar-refractivity contribution in [3.8, 4) is 0 Å². The molecule has 1 aliphatic rings. The predicted molar refractivity (Wildman–Crippen MR) is 78.8 cm³/mol. The summed E-state index contributed by atoms with van der Waals surface area (Å²) in [4.78, 5) is 2.05. The second kappa shape index (κ2) is 5.92. The lowest BCUT2D eigenvalue weighted by Crippen LogP contribution is -2.50. The normalized spacial score (nSPS) is 24.0. The zero-order valence-electron chi connectivity index (χ0n) is 10.3. The first-order chi connectivity index (χ1) is 8.54. The number of sulfone groups is 1. The average molecular weight is 306 g/mol. The maximum atomic E-state index is 11.9. The Labute approximate surface area is 116 Å². The van der Waals surface area contributed by atoms with E-state index in [0.29, 0.717) is 12.3 Å². The molecule has 0 aromatic carbocycles. The summed E-state index contributed by atoms with van der Waals surface area (Å²) in [5, 5.41) is 3.65. The van der Waals surface area contributed by atoms with Crippen LogP contribution in [0.3, 0.4) is 0 Å². The van der Waals surface area contributed by atoms with Crippen LogP contribution in [0.5, 0.6) is 0 Å². The van der Waals surface area contributed by atoms with Crippen molar-refractivity contribution >= 4 is 32.9 Å². The van der Waals surface area contributed by atoms with Gasteiger partial charge in [0.15, 0.2) is 9.84 Å². The van der Waals surface area contributed by atoms with Crippen LogP contribution in [0.4, 0.5) is 0 Å². The first kappa shape index (κ1) is 14.3. The highest BCUT2D eigenvalue weighted by Crippen LogP contribution is 2.30. The number of nitrogens with two attached hydrogens (primary N) is 1. The number of hydrogen-bond acceptors (Lipinski definition) is 6. The molecule has 2 unspecified atom stereocenters. The van der Waals surface area contributed by atoms with E-state index in [4.69, 9.17) is 5.73 Å². The Morgan fingerprint density at radius 2 is 2.39 bits per heavy atom. The summed E-state index contributed by atoms with van der Waals surface area (Å²) >= 11 is 3.32. The van der Waals surface area contributed by atoms with Gasteiger partial charge in [-0.3, -0.25) is 4.90 Å². The van der Waals surface area contributed by atoms with Gasteiger partial charge in [0.25, 0.3) is 0 Å². The Balaban J connectivity index is 2.27. The number of thiophene rings is 1. The lowest BCUT2D eigenvalue weighted by Gasteiger charge is -2.39. The summed E-state index contributed by atoms with van der Waals surface area (Å²) in [7, 11) is -3.07. The van der Waals surface area contributed by atoms with E-state index in [1.807, 2.05) is 16.3 Å². The third-order valence-electron chi connectivity index (χ3n) is 3.17. The zero-order valence-corrected chi connectivity index (χ0v) is 12.7. The van der Waals surface area contributed by atoms with Gasteiger partial charge in [-0.15, -0.1) is 0 Å². The summed E-state index contributed by atoms with van der Waals surface area (Å²) in [6.07, 6.45) is 1.32. The Bertz CT molecular complexity index is 472. The van der Waals surface area contributed by atoms with E-state index < -0.39 is 15.2 Å². The number of nitrogens with zero attached hydrogens (tertiary/aromatic N) is 1. The topological polar surface area (TPSA) is 63.4 Å². The minimum atomic E-state index is -3.07. The molecule has 0 bridgehead atoms. The van der Waals surface area contributed by atoms with Crippen LogP contribution in [0.15, 0.2) is 16.8 Å². The highest BCUT2D eigenvalue weighted by Gasteiger charge is 2.35. The zero-order chi connectivity index (χ0) is 13.2. The van der Waals surface area contributed by atoms with Crippen molar-refractivity contribution in [2.45, 2.75) is 11.4 Å². The van der Waals surface area contributed by atoms with Gasteiger partial charge < -0.3 is 5.73 Å². The van der Waals surface area contributed by atoms with Crippen molar-refractivity contribution < 1.29 is 8.42 Å². The van der Waals surface area contributed by atoms with E-state index in [1.165, 1.54) is 6.26 Å². The second-order valence-corrected chi connectivity index (χ2v) is 8.54. The quantitative estimate of drug-likeness (QED) is 0.904. The van der Waals surface area contributed by atoms with E-state index in [-0.39, 0.29) is 6.04 Å². The van der Waals surface area contributed by atoms with Gasteiger partial charge >= 0.3 is 0 Å². The average Bonchev–Trinajstić information content (AvgIpc) is 2.83. The summed E-state index contributed by atoms with van der Waals surface area (Å²) < 4.78 is 23.8. The predicted octanol–water partition coefficient (Wildman–Crippen LogP) is 1.17. The summed E-state index contributed by atoms with van der Waals surface area (Å²) in [5.74, 6) is 1.60. The van der Waals surface area contributed by atoms with Gasteiger partial charge in [0, 0.05) is 36.9 Å². The minimum absolute atomic E-state index is 0.0110. The molecule has 0 radical (unpaired) electrons. The van der Waals surface area contributed by atoms with Gasteiger partial charge in [-0.2, -0.15) is 23.1 Å². The molecule has 1 aromatic heterocycles. The molecule has 2 heterocycles. The van der Waals surface area contributed by atoms with E-state index in [0.717, 1.165) is 17.9 Å². The molecule has 7 heteroatoms. The lowest BCUT2D eigenvalue weighted by molar-refractivity contribution is 0.198. The molecular weight excluding hydrogens is 288 g/mol. The largest absolute Gasteiger partial charge is 0.329 e. The molecule has 1 aromatic rings. The van der Waals surface area contributed by atoms with Gasteiger partial charge in [-0.05, 0) is 22.4 Å². The lowest BCUT2D eigenvalue weighted by atomic mass is 10.1. The minimum Gasteiger partial charge on any atom is -0.329 e. The van der Waals surface area contributed by atoms with Crippen LogP contribution in [0.2, 0.25) is 0 Å². The van der Waals surface area contributed by atoms with E-state index in [9.17, 15) is 8.42 Å². The summed E-state index contributed by atoms with van der Waals surface area (Å²) in [6.45, 7) is 1.23. The van der Waals surface area contributed by atoms with Gasteiger partial charge in [0.2, 0.25) is 0 Å². The smallest absolute Gasteiger partial charge is 0.164 e. The van der Waals surface area contributed by atoms with Crippen molar-refractivity contribution in [1.29, 1.82) is 0 Å². The van der Waals surface area contributed by atoms with Gasteiger partial charge in [-0.25, -0.2) is 8.42 Å². The molecule has 0 aliphatic carbocycles. The van der Waals surface area contributed by atoms with E-state index >= 15 is 0 Å². The Hall–Kier alpha value is -0.0800. The van der Waals surface area contributed by atoms with Crippen molar-refractivity contribution in [1.82, 2.24) is 4.90 Å². The van der Waals surface area contributed by atoms with Gasteiger partial charge in [0.05, 0.1) is 0 Å². The molecular formula is C11H18N2O2S3. The Morgan fingerprint density at radius 3 is 2.94 bits per heavy atom. The number of thioether (sulfide) groups is 1. The molecule has 102 valence electrons. The number of hydrogen-bond donors (Lipinski definition) is 1. The Morgan fingerprint density at radius 1 is 1.61 bits per heavy atom. The Kier molecular flexibility index (Phi) is 4.71. The molecule has 18 heavy (non-hydrogen) atoms. The maximum absolute atomic E-state index is 11.9. The number of rotatable bonds is 4.